The first kappa shape index (κ1) is 14.7. The summed E-state index contributed by atoms with van der Waals surface area (Å²) >= 11 is 7.43. The summed E-state index contributed by atoms with van der Waals surface area (Å²) < 4.78 is 4.21. The minimum absolute atomic E-state index is 0.466. The van der Waals surface area contributed by atoms with Crippen molar-refractivity contribution in [2.75, 3.05) is 6.54 Å². The maximum Gasteiger partial charge on any atom is 0.225 e. The summed E-state index contributed by atoms with van der Waals surface area (Å²) in [4.78, 5) is 3.00. The summed E-state index contributed by atoms with van der Waals surface area (Å²) in [6.45, 7) is 4.14. The second-order valence-corrected chi connectivity index (χ2v) is 7.21. The van der Waals surface area contributed by atoms with E-state index in [2.05, 4.69) is 28.8 Å². The van der Waals surface area contributed by atoms with Crippen molar-refractivity contribution < 1.29 is 4.90 Å². The van der Waals surface area contributed by atoms with Gasteiger partial charge >= 0.3 is 0 Å². The van der Waals surface area contributed by atoms with Crippen LogP contribution in [-0.2, 0) is 13.1 Å². The zero-order valence-corrected chi connectivity index (χ0v) is 14.5. The third-order valence-electron chi connectivity index (χ3n) is 4.52. The summed E-state index contributed by atoms with van der Waals surface area (Å²) in [5.74, 6) is 0. The highest BCUT2D eigenvalue weighted by atomic mass is 32.1. The number of thiophene rings is 1. The number of nitrogens with zero attached hydrogens (tertiary/aromatic N) is 4. The molecule has 3 heterocycles. The molecule has 118 valence electrons. The van der Waals surface area contributed by atoms with Crippen LogP contribution < -0.4 is 4.90 Å². The van der Waals surface area contributed by atoms with Gasteiger partial charge in [0.15, 0.2) is 6.67 Å². The molecule has 7 heteroatoms. The number of benzene rings is 1. The molecule has 0 radical (unpaired) electrons. The summed E-state index contributed by atoms with van der Waals surface area (Å²) in [5.41, 5.74) is 2.42. The third kappa shape index (κ3) is 2.65. The molecule has 0 bridgehead atoms. The Bertz CT molecular complexity index is 864. The first-order chi connectivity index (χ1) is 11.2. The third-order valence-corrected chi connectivity index (χ3v) is 5.91. The van der Waals surface area contributed by atoms with Gasteiger partial charge in [-0.3, -0.25) is 0 Å². The normalized spacial score (nSPS) is 20.4. The topological polar surface area (TPSA) is 40.1 Å². The van der Waals surface area contributed by atoms with Crippen LogP contribution in [0.1, 0.15) is 23.4 Å². The Hall–Kier alpha value is -1.83. The van der Waals surface area contributed by atoms with Crippen molar-refractivity contribution in [1.29, 1.82) is 0 Å². The molecule has 0 spiro atoms. The van der Waals surface area contributed by atoms with Crippen LogP contribution in [0.5, 0.6) is 0 Å². The molecule has 0 saturated heterocycles. The van der Waals surface area contributed by atoms with Crippen LogP contribution in [-0.4, -0.2) is 26.3 Å². The molecule has 4 rings (SSSR count). The number of para-hydroxylation sites is 1. The largest absolute Gasteiger partial charge is 0.310 e. The highest BCUT2D eigenvalue weighted by Crippen LogP contribution is 2.24. The van der Waals surface area contributed by atoms with E-state index < -0.39 is 0 Å². The van der Waals surface area contributed by atoms with Crippen molar-refractivity contribution >= 4 is 23.6 Å². The van der Waals surface area contributed by atoms with Crippen molar-refractivity contribution in [3.05, 3.63) is 57.0 Å². The van der Waals surface area contributed by atoms with E-state index >= 15 is 0 Å². The summed E-state index contributed by atoms with van der Waals surface area (Å²) in [7, 11) is 0. The molecule has 2 atom stereocenters. The van der Waals surface area contributed by atoms with E-state index in [0.717, 1.165) is 25.3 Å². The van der Waals surface area contributed by atoms with E-state index in [9.17, 15) is 0 Å². The molecular weight excluding hydrogens is 326 g/mol. The van der Waals surface area contributed by atoms with Gasteiger partial charge in [0.1, 0.15) is 6.04 Å². The van der Waals surface area contributed by atoms with Crippen molar-refractivity contribution in [1.82, 2.24) is 19.8 Å². The van der Waals surface area contributed by atoms with Gasteiger partial charge in [-0.15, -0.1) is 11.3 Å². The minimum Gasteiger partial charge on any atom is -0.310 e. The van der Waals surface area contributed by atoms with Gasteiger partial charge in [-0.25, -0.2) is 0 Å². The zero-order valence-electron chi connectivity index (χ0n) is 12.8. The Morgan fingerprint density at radius 1 is 1.26 bits per heavy atom. The van der Waals surface area contributed by atoms with Gasteiger partial charge in [0, 0.05) is 16.9 Å². The molecule has 1 N–H and O–H groups in total. The fraction of sp³-hybridized carbons (Fsp3) is 0.312. The van der Waals surface area contributed by atoms with Gasteiger partial charge in [0.2, 0.25) is 4.77 Å². The highest BCUT2D eigenvalue weighted by molar-refractivity contribution is 7.71. The Morgan fingerprint density at radius 3 is 2.91 bits per heavy atom. The predicted molar refractivity (Wildman–Crippen MR) is 92.5 cm³/mol. The first-order valence-electron chi connectivity index (χ1n) is 7.73. The average Bonchev–Trinajstić information content (AvgIpc) is 3.19. The monoisotopic (exact) mass is 344 g/mol. The van der Waals surface area contributed by atoms with Crippen molar-refractivity contribution in [3.63, 3.8) is 0 Å². The number of nitrogens with one attached hydrogen (secondary N) is 1. The van der Waals surface area contributed by atoms with E-state index in [-0.39, 0.29) is 0 Å². The number of tetrazole rings is 1. The lowest BCUT2D eigenvalue weighted by Gasteiger charge is -2.29. The molecule has 1 aliphatic heterocycles. The number of quaternary nitrogens is 1. The van der Waals surface area contributed by atoms with Crippen LogP contribution in [0.3, 0.4) is 0 Å². The second kappa shape index (κ2) is 5.99. The fourth-order valence-corrected chi connectivity index (χ4v) is 4.39. The van der Waals surface area contributed by atoms with Crippen LogP contribution >= 0.6 is 23.6 Å². The van der Waals surface area contributed by atoms with E-state index in [0.29, 0.717) is 10.8 Å². The van der Waals surface area contributed by atoms with Gasteiger partial charge < -0.3 is 4.90 Å². The lowest BCUT2D eigenvalue weighted by molar-refractivity contribution is -0.954. The van der Waals surface area contributed by atoms with Crippen molar-refractivity contribution in [2.24, 2.45) is 0 Å². The second-order valence-electron chi connectivity index (χ2n) is 5.85. The minimum atomic E-state index is 0.466. The Labute approximate surface area is 143 Å². The predicted octanol–water partition coefficient (Wildman–Crippen LogP) is 2.02. The van der Waals surface area contributed by atoms with E-state index in [1.165, 1.54) is 15.3 Å². The average molecular weight is 344 g/mol. The number of hydrogen-bond donors (Lipinski definition) is 1. The molecule has 0 aliphatic carbocycles. The lowest BCUT2D eigenvalue weighted by Crippen LogP contribution is -3.12. The Balaban J connectivity index is 1.59. The van der Waals surface area contributed by atoms with Gasteiger partial charge in [0.25, 0.3) is 0 Å². The Morgan fingerprint density at radius 2 is 2.09 bits per heavy atom. The molecule has 0 saturated carbocycles. The molecule has 3 aromatic rings. The van der Waals surface area contributed by atoms with Crippen molar-refractivity contribution in [2.45, 2.75) is 26.1 Å². The van der Waals surface area contributed by atoms with Gasteiger partial charge in [-0.1, -0.05) is 18.2 Å². The molecule has 0 fully saturated rings. The fourth-order valence-electron chi connectivity index (χ4n) is 3.16. The quantitative estimate of drug-likeness (QED) is 0.739. The molecular formula is C16H18N5S2+. The van der Waals surface area contributed by atoms with Gasteiger partial charge in [-0.2, -0.15) is 9.36 Å². The molecule has 1 aliphatic rings. The van der Waals surface area contributed by atoms with E-state index in [1.54, 1.807) is 4.68 Å². The molecule has 1 unspecified atom stereocenters. The van der Waals surface area contributed by atoms with Gasteiger partial charge in [0.05, 0.1) is 12.2 Å². The van der Waals surface area contributed by atoms with Crippen molar-refractivity contribution in [3.8, 4) is 5.69 Å². The maximum atomic E-state index is 5.57. The molecule has 2 aromatic heterocycles. The van der Waals surface area contributed by atoms with Crippen LogP contribution in [0, 0.1) is 4.77 Å². The SMILES string of the molecule is C[C@H]1c2ccsc2CC[NH+]1Cn1nnn(-c2ccccc2)c1=S. The number of hydrogen-bond acceptors (Lipinski definition) is 4. The number of rotatable bonds is 3. The number of fused-ring (bicyclic) bond motifs is 1. The Kier molecular flexibility index (Phi) is 3.84. The molecule has 0 amide bonds. The molecule has 23 heavy (non-hydrogen) atoms. The zero-order chi connectivity index (χ0) is 15.8. The van der Waals surface area contributed by atoms with Gasteiger partial charge in [-0.05, 0) is 53.1 Å². The summed E-state index contributed by atoms with van der Waals surface area (Å²) in [6.07, 6.45) is 1.13. The van der Waals surface area contributed by atoms with E-state index in [1.807, 2.05) is 46.4 Å². The maximum absolute atomic E-state index is 5.57. The van der Waals surface area contributed by atoms with Crippen LogP contribution in [0.2, 0.25) is 0 Å². The number of aromatic nitrogens is 4. The summed E-state index contributed by atoms with van der Waals surface area (Å²) in [6, 6.07) is 12.6. The van der Waals surface area contributed by atoms with Crippen LogP contribution in [0.25, 0.3) is 5.69 Å². The molecule has 1 aromatic carbocycles. The standard InChI is InChI=1S/C16H17N5S2/c1-12-14-8-10-23-15(14)7-9-19(12)11-20-16(22)21(18-17-20)13-5-3-2-4-6-13/h2-6,8,10,12H,7,9,11H2,1H3/p+1/t12-/m0/s1. The summed E-state index contributed by atoms with van der Waals surface area (Å²) in [5, 5.41) is 10.7. The lowest BCUT2D eigenvalue weighted by atomic mass is 10.0. The van der Waals surface area contributed by atoms with Crippen LogP contribution in [0.4, 0.5) is 0 Å². The van der Waals surface area contributed by atoms with Crippen LogP contribution in [0.15, 0.2) is 41.8 Å². The molecule has 5 nitrogen and oxygen atoms in total. The first-order valence-corrected chi connectivity index (χ1v) is 9.02. The highest BCUT2D eigenvalue weighted by Gasteiger charge is 2.28. The van der Waals surface area contributed by atoms with E-state index in [4.69, 9.17) is 12.2 Å². The smallest absolute Gasteiger partial charge is 0.225 e.